The highest BCUT2D eigenvalue weighted by molar-refractivity contribution is 5.96. The summed E-state index contributed by atoms with van der Waals surface area (Å²) < 4.78 is 10.2. The molecule has 0 fully saturated rings. The number of carbonyl (C=O) groups excluding carboxylic acids is 2. The van der Waals surface area contributed by atoms with E-state index in [9.17, 15) is 9.59 Å². The number of para-hydroxylation sites is 1. The van der Waals surface area contributed by atoms with Gasteiger partial charge in [0, 0.05) is 6.20 Å². The second-order valence-corrected chi connectivity index (χ2v) is 5.59. The van der Waals surface area contributed by atoms with Gasteiger partial charge in [0.1, 0.15) is 11.6 Å². The van der Waals surface area contributed by atoms with Crippen molar-refractivity contribution in [1.29, 1.82) is 0 Å². The molecule has 0 bridgehead atoms. The minimum absolute atomic E-state index is 0.252. The van der Waals surface area contributed by atoms with Crippen LogP contribution in [0.25, 0.3) is 0 Å². The molecule has 138 valence electrons. The van der Waals surface area contributed by atoms with E-state index in [0.717, 1.165) is 0 Å². The first-order valence-electron chi connectivity index (χ1n) is 8.47. The van der Waals surface area contributed by atoms with Gasteiger partial charge in [-0.2, -0.15) is 0 Å². The highest BCUT2D eigenvalue weighted by Gasteiger charge is 2.13. The van der Waals surface area contributed by atoms with Gasteiger partial charge in [0.05, 0.1) is 36.2 Å². The molecule has 0 spiro atoms. The van der Waals surface area contributed by atoms with E-state index in [0.29, 0.717) is 41.5 Å². The highest BCUT2D eigenvalue weighted by Crippen LogP contribution is 2.20. The van der Waals surface area contributed by atoms with E-state index in [2.05, 4.69) is 15.6 Å². The fourth-order valence-corrected chi connectivity index (χ4v) is 2.40. The summed E-state index contributed by atoms with van der Waals surface area (Å²) in [4.78, 5) is 28.4. The number of nitrogens with one attached hydrogen (secondary N) is 2. The summed E-state index contributed by atoms with van der Waals surface area (Å²) in [5, 5.41) is 5.83. The predicted octanol–water partition coefficient (Wildman–Crippen LogP) is 3.52. The Morgan fingerprint density at radius 3 is 2.67 bits per heavy atom. The minimum atomic E-state index is -0.408. The van der Waals surface area contributed by atoms with Crippen molar-refractivity contribution in [3.8, 4) is 0 Å². The van der Waals surface area contributed by atoms with Gasteiger partial charge < -0.3 is 19.8 Å². The molecular weight excluding hydrogens is 346 g/mol. The van der Waals surface area contributed by atoms with Crippen molar-refractivity contribution < 1.29 is 18.7 Å². The summed E-state index contributed by atoms with van der Waals surface area (Å²) in [6, 6.07) is 13.9. The maximum atomic E-state index is 12.2. The lowest BCUT2D eigenvalue weighted by Crippen LogP contribution is -2.22. The average Bonchev–Trinajstić information content (AvgIpc) is 3.21. The van der Waals surface area contributed by atoms with Crippen LogP contribution in [0.4, 0.5) is 11.5 Å². The van der Waals surface area contributed by atoms with Crippen LogP contribution >= 0.6 is 0 Å². The first-order valence-corrected chi connectivity index (χ1v) is 8.47. The quantitative estimate of drug-likeness (QED) is 0.622. The van der Waals surface area contributed by atoms with E-state index < -0.39 is 5.97 Å². The van der Waals surface area contributed by atoms with Crippen molar-refractivity contribution in [3.63, 3.8) is 0 Å². The zero-order chi connectivity index (χ0) is 19.1. The maximum Gasteiger partial charge on any atom is 0.340 e. The van der Waals surface area contributed by atoms with Crippen molar-refractivity contribution in [1.82, 2.24) is 10.3 Å². The fourth-order valence-electron chi connectivity index (χ4n) is 2.40. The molecule has 27 heavy (non-hydrogen) atoms. The smallest absolute Gasteiger partial charge is 0.340 e. The molecule has 1 amide bonds. The number of benzene rings is 1. The van der Waals surface area contributed by atoms with Crippen LogP contribution in [0, 0.1) is 0 Å². The predicted molar refractivity (Wildman–Crippen MR) is 99.8 cm³/mol. The van der Waals surface area contributed by atoms with E-state index >= 15 is 0 Å². The van der Waals surface area contributed by atoms with Crippen LogP contribution in [0.2, 0.25) is 0 Å². The Balaban J connectivity index is 1.66. The molecule has 0 saturated carbocycles. The van der Waals surface area contributed by atoms with Gasteiger partial charge in [-0.25, -0.2) is 9.78 Å². The minimum Gasteiger partial charge on any atom is -0.467 e. The van der Waals surface area contributed by atoms with Crippen LogP contribution in [0.3, 0.4) is 0 Å². The summed E-state index contributed by atoms with van der Waals surface area (Å²) in [5.41, 5.74) is 1.42. The van der Waals surface area contributed by atoms with Crippen molar-refractivity contribution in [2.75, 3.05) is 11.9 Å². The Bertz CT molecular complexity index is 905. The molecule has 3 aromatic rings. The fraction of sp³-hybridized carbons (Fsp3) is 0.150. The number of furan rings is 1. The van der Waals surface area contributed by atoms with E-state index in [1.807, 2.05) is 6.07 Å². The van der Waals surface area contributed by atoms with Gasteiger partial charge in [-0.15, -0.1) is 0 Å². The largest absolute Gasteiger partial charge is 0.467 e. The molecule has 0 unspecified atom stereocenters. The molecule has 7 heteroatoms. The number of hydrogen-bond donors (Lipinski definition) is 2. The number of nitrogens with zero attached hydrogens (tertiary/aromatic N) is 1. The first kappa shape index (κ1) is 18.2. The number of amides is 1. The van der Waals surface area contributed by atoms with Gasteiger partial charge in [-0.1, -0.05) is 12.1 Å². The van der Waals surface area contributed by atoms with Gasteiger partial charge in [-0.05, 0) is 43.3 Å². The number of esters is 1. The lowest BCUT2D eigenvalue weighted by Gasteiger charge is -2.11. The number of rotatable bonds is 7. The summed E-state index contributed by atoms with van der Waals surface area (Å²) in [7, 11) is 0. The van der Waals surface area contributed by atoms with E-state index in [4.69, 9.17) is 9.15 Å². The number of ether oxygens (including phenoxy) is 1. The first-order chi connectivity index (χ1) is 13.2. The second-order valence-electron chi connectivity index (χ2n) is 5.59. The average molecular weight is 365 g/mol. The van der Waals surface area contributed by atoms with Crippen molar-refractivity contribution in [2.24, 2.45) is 0 Å². The Hall–Kier alpha value is -3.61. The molecule has 0 saturated heterocycles. The van der Waals surface area contributed by atoms with Crippen molar-refractivity contribution in [3.05, 3.63) is 77.9 Å². The van der Waals surface area contributed by atoms with Crippen LogP contribution in [0.1, 0.15) is 33.4 Å². The third kappa shape index (κ3) is 4.72. The van der Waals surface area contributed by atoms with E-state index in [-0.39, 0.29) is 5.91 Å². The van der Waals surface area contributed by atoms with E-state index in [1.165, 1.54) is 6.20 Å². The molecule has 3 rings (SSSR count). The monoisotopic (exact) mass is 365 g/mol. The molecule has 7 nitrogen and oxygen atoms in total. The van der Waals surface area contributed by atoms with Crippen molar-refractivity contribution in [2.45, 2.75) is 13.5 Å². The third-order valence-electron chi connectivity index (χ3n) is 3.71. The molecule has 0 aliphatic rings. The number of anilines is 2. The number of hydrogen-bond acceptors (Lipinski definition) is 6. The molecule has 2 aromatic heterocycles. The Morgan fingerprint density at radius 1 is 1.11 bits per heavy atom. The standard InChI is InChI=1S/C20H19N3O4/c1-2-26-20(25)16-7-3-4-8-17(16)23-18-10-9-14(12-21-18)19(24)22-13-15-6-5-11-27-15/h3-12H,2,13H2,1H3,(H,21,23)(H,22,24). The number of pyridine rings is 1. The normalized spacial score (nSPS) is 10.3. The molecule has 0 aliphatic carbocycles. The summed E-state index contributed by atoms with van der Waals surface area (Å²) >= 11 is 0. The third-order valence-corrected chi connectivity index (χ3v) is 3.71. The molecule has 0 radical (unpaired) electrons. The zero-order valence-electron chi connectivity index (χ0n) is 14.8. The van der Waals surface area contributed by atoms with E-state index in [1.54, 1.807) is 55.7 Å². The van der Waals surface area contributed by atoms with Gasteiger partial charge in [-0.3, -0.25) is 4.79 Å². The summed E-state index contributed by atoms with van der Waals surface area (Å²) in [6.45, 7) is 2.36. The Labute approximate surface area is 156 Å². The number of carbonyl (C=O) groups is 2. The van der Waals surface area contributed by atoms with Crippen LogP contribution in [0.5, 0.6) is 0 Å². The van der Waals surface area contributed by atoms with Gasteiger partial charge in [0.2, 0.25) is 0 Å². The molecule has 0 atom stereocenters. The Morgan fingerprint density at radius 2 is 1.96 bits per heavy atom. The van der Waals surface area contributed by atoms with Crippen LogP contribution in [-0.4, -0.2) is 23.5 Å². The molecule has 2 heterocycles. The SMILES string of the molecule is CCOC(=O)c1ccccc1Nc1ccc(C(=O)NCc2ccco2)cn1. The number of aromatic nitrogens is 1. The van der Waals surface area contributed by atoms with Gasteiger partial charge in [0.15, 0.2) is 0 Å². The Kier molecular flexibility index (Phi) is 5.84. The van der Waals surface area contributed by atoms with Crippen molar-refractivity contribution >= 4 is 23.4 Å². The van der Waals surface area contributed by atoms with Gasteiger partial charge >= 0.3 is 5.97 Å². The molecule has 0 aliphatic heterocycles. The highest BCUT2D eigenvalue weighted by atomic mass is 16.5. The second kappa shape index (κ2) is 8.66. The zero-order valence-corrected chi connectivity index (χ0v) is 14.8. The van der Waals surface area contributed by atoms with Crippen LogP contribution in [0.15, 0.2) is 65.4 Å². The summed E-state index contributed by atoms with van der Waals surface area (Å²) in [6.07, 6.45) is 3.02. The lowest BCUT2D eigenvalue weighted by atomic mass is 10.1. The van der Waals surface area contributed by atoms with Gasteiger partial charge in [0.25, 0.3) is 5.91 Å². The van der Waals surface area contributed by atoms with Crippen LogP contribution in [-0.2, 0) is 11.3 Å². The lowest BCUT2D eigenvalue weighted by molar-refractivity contribution is 0.0527. The molecule has 2 N–H and O–H groups in total. The van der Waals surface area contributed by atoms with Crippen LogP contribution < -0.4 is 10.6 Å². The molecule has 1 aromatic carbocycles. The topological polar surface area (TPSA) is 93.5 Å². The maximum absolute atomic E-state index is 12.2. The molecular formula is C20H19N3O4. The summed E-state index contributed by atoms with van der Waals surface area (Å²) in [5.74, 6) is 0.520.